The maximum Gasteiger partial charge on any atom is 0.228 e. The second kappa shape index (κ2) is 3.29. The first-order chi connectivity index (χ1) is 6.20. The van der Waals surface area contributed by atoms with Gasteiger partial charge in [-0.25, -0.2) is 0 Å². The highest BCUT2D eigenvalue weighted by Crippen LogP contribution is 2.31. The van der Waals surface area contributed by atoms with Gasteiger partial charge in [-0.2, -0.15) is 0 Å². The highest BCUT2D eigenvalue weighted by molar-refractivity contribution is 5.80. The minimum Gasteiger partial charge on any atom is -0.377 e. The van der Waals surface area contributed by atoms with Gasteiger partial charge < -0.3 is 9.64 Å². The van der Waals surface area contributed by atoms with Gasteiger partial charge in [-0.05, 0) is 26.2 Å². The minimum absolute atomic E-state index is 0.148. The molecule has 2 aliphatic heterocycles. The molecule has 0 radical (unpaired) electrons. The van der Waals surface area contributed by atoms with Gasteiger partial charge in [0.2, 0.25) is 5.91 Å². The van der Waals surface area contributed by atoms with Crippen LogP contribution in [0.4, 0.5) is 0 Å². The zero-order chi connectivity index (χ0) is 9.42. The molecule has 1 amide bonds. The van der Waals surface area contributed by atoms with Gasteiger partial charge in [0.25, 0.3) is 0 Å². The molecule has 3 unspecified atom stereocenters. The topological polar surface area (TPSA) is 29.5 Å². The van der Waals surface area contributed by atoms with E-state index in [0.717, 1.165) is 25.9 Å². The van der Waals surface area contributed by atoms with Gasteiger partial charge in [0.1, 0.15) is 0 Å². The molecule has 0 saturated carbocycles. The molecule has 3 nitrogen and oxygen atoms in total. The summed E-state index contributed by atoms with van der Waals surface area (Å²) in [7, 11) is 1.90. The Morgan fingerprint density at radius 1 is 1.54 bits per heavy atom. The van der Waals surface area contributed by atoms with E-state index in [-0.39, 0.29) is 17.9 Å². The first-order valence-corrected chi connectivity index (χ1v) is 5.08. The number of hydrogen-bond donors (Lipinski definition) is 0. The van der Waals surface area contributed by atoms with Crippen molar-refractivity contribution in [1.29, 1.82) is 0 Å². The van der Waals surface area contributed by atoms with Crippen LogP contribution in [0.25, 0.3) is 0 Å². The van der Waals surface area contributed by atoms with Crippen LogP contribution >= 0.6 is 0 Å². The lowest BCUT2D eigenvalue weighted by atomic mass is 9.85. The van der Waals surface area contributed by atoms with Crippen LogP contribution in [0.5, 0.6) is 0 Å². The van der Waals surface area contributed by atoms with E-state index < -0.39 is 0 Å². The van der Waals surface area contributed by atoms with Gasteiger partial charge in [-0.15, -0.1) is 0 Å². The van der Waals surface area contributed by atoms with Crippen LogP contribution < -0.4 is 0 Å². The number of carbonyl (C=O) groups is 1. The molecule has 0 spiro atoms. The van der Waals surface area contributed by atoms with Gasteiger partial charge in [-0.1, -0.05) is 0 Å². The number of carbonyl (C=O) groups excluding carboxylic acids is 1. The summed E-state index contributed by atoms with van der Waals surface area (Å²) in [5.74, 6) is 0.429. The van der Waals surface area contributed by atoms with E-state index in [0.29, 0.717) is 6.04 Å². The Balaban J connectivity index is 2.12. The first-order valence-electron chi connectivity index (χ1n) is 5.08. The lowest BCUT2D eigenvalue weighted by Crippen LogP contribution is -2.52. The van der Waals surface area contributed by atoms with Crippen LogP contribution in [0.3, 0.4) is 0 Å². The molecule has 2 heterocycles. The van der Waals surface area contributed by atoms with Crippen molar-refractivity contribution >= 4 is 5.91 Å². The van der Waals surface area contributed by atoms with Crippen molar-refractivity contribution in [3.8, 4) is 0 Å². The fraction of sp³-hybridized carbons (Fsp3) is 0.900. The fourth-order valence-electron chi connectivity index (χ4n) is 2.33. The molecule has 0 aromatic heterocycles. The van der Waals surface area contributed by atoms with Crippen molar-refractivity contribution in [2.45, 2.75) is 38.3 Å². The van der Waals surface area contributed by atoms with Crippen molar-refractivity contribution in [2.75, 3.05) is 13.7 Å². The summed E-state index contributed by atoms with van der Waals surface area (Å²) in [6.07, 6.45) is 3.26. The number of fused-ring (bicyclic) bond motifs is 1. The summed E-state index contributed by atoms with van der Waals surface area (Å²) in [6, 6.07) is 0.340. The predicted molar refractivity (Wildman–Crippen MR) is 49.3 cm³/mol. The van der Waals surface area contributed by atoms with Crippen LogP contribution in [0.15, 0.2) is 0 Å². The number of likely N-dealkylation sites (tertiary alicyclic amines) is 1. The van der Waals surface area contributed by atoms with E-state index in [1.807, 2.05) is 11.9 Å². The van der Waals surface area contributed by atoms with Crippen LogP contribution in [0.1, 0.15) is 26.2 Å². The maximum absolute atomic E-state index is 11.8. The second-order valence-corrected chi connectivity index (χ2v) is 4.19. The Bertz CT molecular complexity index is 217. The quantitative estimate of drug-likeness (QED) is 0.561. The maximum atomic E-state index is 11.8. The van der Waals surface area contributed by atoms with E-state index in [1.165, 1.54) is 0 Å². The van der Waals surface area contributed by atoms with Crippen LogP contribution in [0, 0.1) is 5.92 Å². The predicted octanol–water partition coefficient (Wildman–Crippen LogP) is 1.03. The average molecular weight is 183 g/mol. The van der Waals surface area contributed by atoms with Crippen LogP contribution in [-0.4, -0.2) is 36.6 Å². The SMILES string of the molecule is CC1CC2OCCCC2C(=O)N1C. The van der Waals surface area contributed by atoms with Crippen molar-refractivity contribution in [1.82, 2.24) is 4.90 Å². The van der Waals surface area contributed by atoms with Gasteiger partial charge in [0.05, 0.1) is 12.0 Å². The molecule has 0 aromatic rings. The van der Waals surface area contributed by atoms with Crippen molar-refractivity contribution < 1.29 is 9.53 Å². The Morgan fingerprint density at radius 2 is 2.31 bits per heavy atom. The lowest BCUT2D eigenvalue weighted by Gasteiger charge is -2.42. The number of piperidine rings is 1. The van der Waals surface area contributed by atoms with E-state index in [9.17, 15) is 4.79 Å². The molecule has 0 aliphatic carbocycles. The molecule has 0 N–H and O–H groups in total. The third kappa shape index (κ3) is 1.46. The van der Waals surface area contributed by atoms with E-state index >= 15 is 0 Å². The monoisotopic (exact) mass is 183 g/mol. The normalized spacial score (nSPS) is 40.3. The molecule has 2 fully saturated rings. The minimum atomic E-state index is 0.148. The van der Waals surface area contributed by atoms with E-state index in [1.54, 1.807) is 0 Å². The Labute approximate surface area is 79.0 Å². The highest BCUT2D eigenvalue weighted by Gasteiger charge is 2.40. The third-order valence-corrected chi connectivity index (χ3v) is 3.34. The van der Waals surface area contributed by atoms with E-state index in [2.05, 4.69) is 6.92 Å². The summed E-state index contributed by atoms with van der Waals surface area (Å²) in [4.78, 5) is 13.7. The Hall–Kier alpha value is -0.570. The van der Waals surface area contributed by atoms with Crippen molar-refractivity contribution in [2.24, 2.45) is 5.92 Å². The second-order valence-electron chi connectivity index (χ2n) is 4.19. The van der Waals surface area contributed by atoms with Gasteiger partial charge in [0, 0.05) is 19.7 Å². The smallest absolute Gasteiger partial charge is 0.228 e. The molecule has 0 bridgehead atoms. The highest BCUT2D eigenvalue weighted by atomic mass is 16.5. The van der Waals surface area contributed by atoms with Gasteiger partial charge >= 0.3 is 0 Å². The molecule has 74 valence electrons. The number of rotatable bonds is 0. The van der Waals surface area contributed by atoms with Gasteiger partial charge in [-0.3, -0.25) is 4.79 Å². The lowest BCUT2D eigenvalue weighted by molar-refractivity contribution is -0.155. The number of hydrogen-bond acceptors (Lipinski definition) is 2. The summed E-state index contributed by atoms with van der Waals surface area (Å²) >= 11 is 0. The van der Waals surface area contributed by atoms with Gasteiger partial charge in [0.15, 0.2) is 0 Å². The molecular weight excluding hydrogens is 166 g/mol. The summed E-state index contributed by atoms with van der Waals surface area (Å²) < 4.78 is 5.62. The van der Waals surface area contributed by atoms with Crippen molar-refractivity contribution in [3.05, 3.63) is 0 Å². The summed E-state index contributed by atoms with van der Waals surface area (Å²) in [6.45, 7) is 2.93. The molecule has 2 aliphatic rings. The molecule has 2 saturated heterocycles. The largest absolute Gasteiger partial charge is 0.377 e. The molecule has 3 atom stereocenters. The van der Waals surface area contributed by atoms with Crippen LogP contribution in [0.2, 0.25) is 0 Å². The fourth-order valence-corrected chi connectivity index (χ4v) is 2.33. The van der Waals surface area contributed by atoms with E-state index in [4.69, 9.17) is 4.74 Å². The molecule has 2 rings (SSSR count). The Kier molecular flexibility index (Phi) is 2.28. The zero-order valence-electron chi connectivity index (χ0n) is 8.32. The standard InChI is InChI=1S/C10H17NO2/c1-7-6-9-8(4-3-5-13-9)10(12)11(7)2/h7-9H,3-6H2,1-2H3. The number of nitrogens with zero attached hydrogens (tertiary/aromatic N) is 1. The summed E-state index contributed by atoms with van der Waals surface area (Å²) in [5.41, 5.74) is 0. The van der Waals surface area contributed by atoms with Crippen molar-refractivity contribution in [3.63, 3.8) is 0 Å². The molecule has 13 heavy (non-hydrogen) atoms. The Morgan fingerprint density at radius 3 is 3.08 bits per heavy atom. The summed E-state index contributed by atoms with van der Waals surface area (Å²) in [5, 5.41) is 0. The number of ether oxygens (including phenoxy) is 1. The zero-order valence-corrected chi connectivity index (χ0v) is 8.32. The first kappa shape index (κ1) is 9.00. The number of amides is 1. The molecular formula is C10H17NO2. The molecule has 0 aromatic carbocycles. The third-order valence-electron chi connectivity index (χ3n) is 3.34. The average Bonchev–Trinajstić information content (AvgIpc) is 2.15. The van der Waals surface area contributed by atoms with Crippen LogP contribution in [-0.2, 0) is 9.53 Å². The molecule has 3 heteroatoms.